The SMILES string of the molecule is C[C@@H](NC=O)C(=O)N[C@@H](Cc1c[nH]c2ccccc12)C(=O)O. The van der Waals surface area contributed by atoms with E-state index in [9.17, 15) is 19.5 Å². The number of carboxylic acids is 1. The summed E-state index contributed by atoms with van der Waals surface area (Å²) in [4.78, 5) is 36.6. The Kier molecular flexibility index (Phi) is 4.77. The lowest BCUT2D eigenvalue weighted by molar-refractivity contribution is -0.142. The van der Waals surface area contributed by atoms with Gasteiger partial charge < -0.3 is 20.7 Å². The van der Waals surface area contributed by atoms with Gasteiger partial charge >= 0.3 is 5.97 Å². The number of aliphatic carboxylic acids is 1. The molecule has 0 aliphatic rings. The quantitative estimate of drug-likeness (QED) is 0.555. The van der Waals surface area contributed by atoms with Crippen LogP contribution >= 0.6 is 0 Å². The number of amides is 2. The van der Waals surface area contributed by atoms with E-state index in [1.165, 1.54) is 6.92 Å². The second-order valence-electron chi connectivity index (χ2n) is 4.97. The van der Waals surface area contributed by atoms with Gasteiger partial charge in [-0.3, -0.25) is 9.59 Å². The minimum absolute atomic E-state index is 0.152. The first-order chi connectivity index (χ1) is 10.5. The topological polar surface area (TPSA) is 111 Å². The average Bonchev–Trinajstić information content (AvgIpc) is 2.90. The van der Waals surface area contributed by atoms with Crippen LogP contribution < -0.4 is 10.6 Å². The van der Waals surface area contributed by atoms with Gasteiger partial charge in [0.1, 0.15) is 12.1 Å². The molecule has 7 nitrogen and oxygen atoms in total. The fourth-order valence-corrected chi connectivity index (χ4v) is 2.19. The zero-order chi connectivity index (χ0) is 16.1. The summed E-state index contributed by atoms with van der Waals surface area (Å²) < 4.78 is 0. The standard InChI is InChI=1S/C15H17N3O4/c1-9(17-8-19)14(20)18-13(15(21)22)6-10-7-16-12-5-3-2-4-11(10)12/h2-5,7-9,13,16H,6H2,1H3,(H,17,19)(H,18,20)(H,21,22)/t9-,13+/m1/s1. The summed E-state index contributed by atoms with van der Waals surface area (Å²) in [7, 11) is 0. The number of para-hydroxylation sites is 1. The first-order valence-corrected chi connectivity index (χ1v) is 6.80. The molecule has 116 valence electrons. The average molecular weight is 303 g/mol. The van der Waals surface area contributed by atoms with E-state index in [-0.39, 0.29) is 6.42 Å². The van der Waals surface area contributed by atoms with Crippen LogP contribution in [0.15, 0.2) is 30.5 Å². The van der Waals surface area contributed by atoms with Crippen molar-refractivity contribution in [2.24, 2.45) is 0 Å². The minimum atomic E-state index is -1.13. The normalized spacial score (nSPS) is 13.3. The van der Waals surface area contributed by atoms with E-state index in [0.29, 0.717) is 6.41 Å². The molecule has 0 spiro atoms. The minimum Gasteiger partial charge on any atom is -0.480 e. The lowest BCUT2D eigenvalue weighted by Gasteiger charge is -2.17. The highest BCUT2D eigenvalue weighted by molar-refractivity contribution is 5.89. The predicted molar refractivity (Wildman–Crippen MR) is 80.2 cm³/mol. The zero-order valence-electron chi connectivity index (χ0n) is 12.0. The van der Waals surface area contributed by atoms with Crippen LogP contribution in [0.1, 0.15) is 12.5 Å². The van der Waals surface area contributed by atoms with Gasteiger partial charge in [-0.25, -0.2) is 4.79 Å². The van der Waals surface area contributed by atoms with Crippen LogP contribution in [-0.2, 0) is 20.8 Å². The van der Waals surface area contributed by atoms with Gasteiger partial charge in [-0.15, -0.1) is 0 Å². The van der Waals surface area contributed by atoms with E-state index in [2.05, 4.69) is 15.6 Å². The first kappa shape index (κ1) is 15.6. The molecule has 0 aliphatic heterocycles. The van der Waals surface area contributed by atoms with Crippen LogP contribution in [0.4, 0.5) is 0 Å². The van der Waals surface area contributed by atoms with Crippen molar-refractivity contribution in [3.8, 4) is 0 Å². The van der Waals surface area contributed by atoms with E-state index in [1.54, 1.807) is 6.20 Å². The van der Waals surface area contributed by atoms with Gasteiger partial charge in [-0.2, -0.15) is 0 Å². The first-order valence-electron chi connectivity index (χ1n) is 6.80. The molecular weight excluding hydrogens is 286 g/mol. The molecule has 22 heavy (non-hydrogen) atoms. The molecule has 1 aromatic carbocycles. The van der Waals surface area contributed by atoms with Crippen LogP contribution in [0.3, 0.4) is 0 Å². The number of carboxylic acid groups (broad SMARTS) is 1. The number of nitrogens with one attached hydrogen (secondary N) is 3. The Morgan fingerprint density at radius 2 is 2.09 bits per heavy atom. The summed E-state index contributed by atoms with van der Waals surface area (Å²) in [6.45, 7) is 1.48. The maximum Gasteiger partial charge on any atom is 0.326 e. The van der Waals surface area contributed by atoms with Gasteiger partial charge in [0.2, 0.25) is 12.3 Å². The Morgan fingerprint density at radius 1 is 1.36 bits per heavy atom. The number of carbonyl (C=O) groups excluding carboxylic acids is 2. The summed E-state index contributed by atoms with van der Waals surface area (Å²) in [6, 6.07) is 5.67. The lowest BCUT2D eigenvalue weighted by Crippen LogP contribution is -2.49. The Labute approximate surface area is 126 Å². The number of aromatic nitrogens is 1. The molecule has 0 saturated heterocycles. The Balaban J connectivity index is 2.14. The fourth-order valence-electron chi connectivity index (χ4n) is 2.19. The van der Waals surface area contributed by atoms with Crippen molar-refractivity contribution in [3.05, 3.63) is 36.0 Å². The van der Waals surface area contributed by atoms with Gasteiger partial charge in [0.05, 0.1) is 0 Å². The van der Waals surface area contributed by atoms with Crippen LogP contribution in [-0.4, -0.2) is 40.5 Å². The Bertz CT molecular complexity index is 695. The van der Waals surface area contributed by atoms with Crippen LogP contribution in [0.25, 0.3) is 10.9 Å². The number of hydrogen-bond acceptors (Lipinski definition) is 3. The van der Waals surface area contributed by atoms with Gasteiger partial charge in [-0.05, 0) is 18.6 Å². The molecule has 2 amide bonds. The van der Waals surface area contributed by atoms with Crippen molar-refractivity contribution in [3.63, 3.8) is 0 Å². The highest BCUT2D eigenvalue weighted by Gasteiger charge is 2.24. The summed E-state index contributed by atoms with van der Waals surface area (Å²) in [6.07, 6.45) is 2.29. The number of fused-ring (bicyclic) bond motifs is 1. The smallest absolute Gasteiger partial charge is 0.326 e. The number of H-pyrrole nitrogens is 1. The molecule has 0 fully saturated rings. The van der Waals surface area contributed by atoms with Gasteiger partial charge in [0, 0.05) is 23.5 Å². The molecule has 2 atom stereocenters. The third-order valence-electron chi connectivity index (χ3n) is 3.42. The summed E-state index contributed by atoms with van der Waals surface area (Å²) >= 11 is 0. The molecule has 0 bridgehead atoms. The largest absolute Gasteiger partial charge is 0.480 e. The van der Waals surface area contributed by atoms with E-state index < -0.39 is 24.0 Å². The maximum absolute atomic E-state index is 11.8. The molecule has 0 saturated carbocycles. The lowest BCUT2D eigenvalue weighted by atomic mass is 10.0. The van der Waals surface area contributed by atoms with Gasteiger partial charge in [0.25, 0.3) is 0 Å². The monoisotopic (exact) mass is 303 g/mol. The summed E-state index contributed by atoms with van der Waals surface area (Å²) in [5.41, 5.74) is 1.71. The number of aromatic amines is 1. The molecule has 0 unspecified atom stereocenters. The predicted octanol–water partition coefficient (Wildman–Crippen LogP) is 0.414. The van der Waals surface area contributed by atoms with Crippen molar-refractivity contribution in [2.45, 2.75) is 25.4 Å². The molecule has 4 N–H and O–H groups in total. The molecule has 7 heteroatoms. The van der Waals surface area contributed by atoms with E-state index in [1.807, 2.05) is 24.3 Å². The van der Waals surface area contributed by atoms with Crippen LogP contribution in [0.5, 0.6) is 0 Å². The van der Waals surface area contributed by atoms with E-state index >= 15 is 0 Å². The van der Waals surface area contributed by atoms with Crippen LogP contribution in [0, 0.1) is 0 Å². The molecule has 1 heterocycles. The van der Waals surface area contributed by atoms with Crippen LogP contribution in [0.2, 0.25) is 0 Å². The second kappa shape index (κ2) is 6.75. The van der Waals surface area contributed by atoms with E-state index in [0.717, 1.165) is 16.5 Å². The number of rotatable bonds is 7. The zero-order valence-corrected chi connectivity index (χ0v) is 12.0. The summed E-state index contributed by atoms with van der Waals surface area (Å²) in [5.74, 6) is -1.67. The second-order valence-corrected chi connectivity index (χ2v) is 4.97. The van der Waals surface area contributed by atoms with Crippen molar-refractivity contribution >= 4 is 29.2 Å². The highest BCUT2D eigenvalue weighted by Crippen LogP contribution is 2.19. The summed E-state index contributed by atoms with van der Waals surface area (Å²) in [5, 5.41) is 14.9. The molecule has 2 rings (SSSR count). The number of carbonyl (C=O) groups is 3. The molecule has 1 aromatic heterocycles. The van der Waals surface area contributed by atoms with Gasteiger partial charge in [0.15, 0.2) is 0 Å². The third kappa shape index (κ3) is 3.43. The Morgan fingerprint density at radius 3 is 2.77 bits per heavy atom. The van der Waals surface area contributed by atoms with E-state index in [4.69, 9.17) is 0 Å². The molecular formula is C15H17N3O4. The maximum atomic E-state index is 11.8. The molecule has 2 aromatic rings. The molecule has 0 aliphatic carbocycles. The molecule has 0 radical (unpaired) electrons. The number of hydrogen-bond donors (Lipinski definition) is 4. The van der Waals surface area contributed by atoms with Crippen molar-refractivity contribution in [1.82, 2.24) is 15.6 Å². The highest BCUT2D eigenvalue weighted by atomic mass is 16.4. The van der Waals surface area contributed by atoms with Crippen molar-refractivity contribution in [1.29, 1.82) is 0 Å². The van der Waals surface area contributed by atoms with Crippen molar-refractivity contribution < 1.29 is 19.5 Å². The van der Waals surface area contributed by atoms with Gasteiger partial charge in [-0.1, -0.05) is 18.2 Å². The fraction of sp³-hybridized carbons (Fsp3) is 0.267. The van der Waals surface area contributed by atoms with Crippen molar-refractivity contribution in [2.75, 3.05) is 0 Å². The third-order valence-corrected chi connectivity index (χ3v) is 3.42. The number of benzene rings is 1. The Hall–Kier alpha value is -2.83.